The first-order chi connectivity index (χ1) is 6.76. The van der Waals surface area contributed by atoms with Gasteiger partial charge in [-0.05, 0) is 20.0 Å². The topological polar surface area (TPSA) is 42.1 Å². The molecule has 0 saturated carbocycles. The molecule has 0 saturated heterocycles. The van der Waals surface area contributed by atoms with E-state index >= 15 is 0 Å². The summed E-state index contributed by atoms with van der Waals surface area (Å²) in [6.07, 6.45) is 2.50. The molecule has 1 rings (SSSR count). The van der Waals surface area contributed by atoms with Gasteiger partial charge in [-0.2, -0.15) is 0 Å². The largest absolute Gasteiger partial charge is 0.325 e. The molecule has 2 N–H and O–H groups in total. The number of rotatable bonds is 6. The molecule has 0 unspecified atom stereocenters. The summed E-state index contributed by atoms with van der Waals surface area (Å²) < 4.78 is 0. The molecule has 1 aromatic rings. The zero-order valence-electron chi connectivity index (χ0n) is 8.99. The van der Waals surface area contributed by atoms with E-state index in [-0.39, 0.29) is 0 Å². The van der Waals surface area contributed by atoms with Crippen LogP contribution in [0.3, 0.4) is 0 Å². The predicted octanol–water partition coefficient (Wildman–Crippen LogP) is 1.83. The summed E-state index contributed by atoms with van der Waals surface area (Å²) >= 11 is 1.65. The summed E-state index contributed by atoms with van der Waals surface area (Å²) in [7, 11) is 2.14. The van der Waals surface area contributed by atoms with E-state index in [1.54, 1.807) is 11.3 Å². The van der Waals surface area contributed by atoms with Crippen molar-refractivity contribution in [1.82, 2.24) is 9.88 Å². The quantitative estimate of drug-likeness (QED) is 0.784. The van der Waals surface area contributed by atoms with Crippen molar-refractivity contribution in [2.75, 3.05) is 13.6 Å². The molecule has 1 aromatic heterocycles. The first-order valence-electron chi connectivity index (χ1n) is 5.08. The Balaban J connectivity index is 2.35. The lowest BCUT2D eigenvalue weighted by atomic mass is 10.3. The first-order valence-corrected chi connectivity index (χ1v) is 5.96. The molecule has 0 aliphatic rings. The fourth-order valence-electron chi connectivity index (χ4n) is 1.30. The first kappa shape index (κ1) is 11.6. The number of nitrogens with two attached hydrogens (primary N) is 1. The maximum atomic E-state index is 5.51. The average molecular weight is 213 g/mol. The zero-order valence-corrected chi connectivity index (χ0v) is 9.81. The van der Waals surface area contributed by atoms with E-state index in [9.17, 15) is 0 Å². The van der Waals surface area contributed by atoms with E-state index in [0.29, 0.717) is 6.54 Å². The van der Waals surface area contributed by atoms with Gasteiger partial charge in [0.25, 0.3) is 0 Å². The Morgan fingerprint density at radius 2 is 2.36 bits per heavy atom. The normalized spacial score (nSPS) is 11.1. The lowest BCUT2D eigenvalue weighted by Crippen LogP contribution is -2.19. The molecule has 0 radical (unpaired) electrons. The van der Waals surface area contributed by atoms with Gasteiger partial charge in [-0.3, -0.25) is 0 Å². The maximum Gasteiger partial charge on any atom is 0.106 e. The number of aromatic nitrogens is 1. The van der Waals surface area contributed by atoms with Gasteiger partial charge >= 0.3 is 0 Å². The number of thiazole rings is 1. The van der Waals surface area contributed by atoms with Crippen molar-refractivity contribution in [3.05, 3.63) is 16.1 Å². The van der Waals surface area contributed by atoms with E-state index in [2.05, 4.69) is 29.2 Å². The smallest absolute Gasteiger partial charge is 0.106 e. The van der Waals surface area contributed by atoms with E-state index in [4.69, 9.17) is 5.73 Å². The van der Waals surface area contributed by atoms with Crippen molar-refractivity contribution >= 4 is 11.3 Å². The van der Waals surface area contributed by atoms with Crippen molar-refractivity contribution in [2.45, 2.75) is 32.9 Å². The predicted molar refractivity (Wildman–Crippen MR) is 61.2 cm³/mol. The van der Waals surface area contributed by atoms with Gasteiger partial charge in [-0.15, -0.1) is 11.3 Å². The standard InChI is InChI=1S/C10H19N3S/c1-3-4-5-13(2)7-9-8-14-10(6-11)12-9/h8H,3-7,11H2,1-2H3. The summed E-state index contributed by atoms with van der Waals surface area (Å²) in [4.78, 5) is 6.73. The van der Waals surface area contributed by atoms with Crippen LogP contribution in [-0.4, -0.2) is 23.5 Å². The number of hydrogen-bond acceptors (Lipinski definition) is 4. The molecule has 4 heteroatoms. The highest BCUT2D eigenvalue weighted by Crippen LogP contribution is 2.10. The molecule has 0 atom stereocenters. The molecule has 0 aliphatic carbocycles. The molecular formula is C10H19N3S. The van der Waals surface area contributed by atoms with Gasteiger partial charge in [0.05, 0.1) is 5.69 Å². The summed E-state index contributed by atoms with van der Waals surface area (Å²) in [5.74, 6) is 0. The van der Waals surface area contributed by atoms with Crippen molar-refractivity contribution < 1.29 is 0 Å². The van der Waals surface area contributed by atoms with Crippen LogP contribution in [0.5, 0.6) is 0 Å². The van der Waals surface area contributed by atoms with Crippen LogP contribution in [0.25, 0.3) is 0 Å². The molecule has 14 heavy (non-hydrogen) atoms. The zero-order chi connectivity index (χ0) is 10.4. The number of nitrogens with zero attached hydrogens (tertiary/aromatic N) is 2. The van der Waals surface area contributed by atoms with Gasteiger partial charge < -0.3 is 10.6 Å². The lowest BCUT2D eigenvalue weighted by molar-refractivity contribution is 0.317. The van der Waals surface area contributed by atoms with Gasteiger partial charge in [0.2, 0.25) is 0 Å². The number of hydrogen-bond donors (Lipinski definition) is 1. The molecule has 0 spiro atoms. The molecule has 3 nitrogen and oxygen atoms in total. The Hall–Kier alpha value is -0.450. The van der Waals surface area contributed by atoms with Gasteiger partial charge in [0.15, 0.2) is 0 Å². The van der Waals surface area contributed by atoms with Crippen LogP contribution in [0.2, 0.25) is 0 Å². The molecule has 0 bridgehead atoms. The van der Waals surface area contributed by atoms with Crippen LogP contribution in [0.4, 0.5) is 0 Å². The molecule has 0 aromatic carbocycles. The van der Waals surface area contributed by atoms with Crippen LogP contribution >= 0.6 is 11.3 Å². The maximum absolute atomic E-state index is 5.51. The molecule has 0 fully saturated rings. The van der Waals surface area contributed by atoms with E-state index < -0.39 is 0 Å². The van der Waals surface area contributed by atoms with Crippen LogP contribution in [0.1, 0.15) is 30.5 Å². The van der Waals surface area contributed by atoms with Gasteiger partial charge in [0, 0.05) is 18.5 Å². The van der Waals surface area contributed by atoms with Crippen LogP contribution in [0, 0.1) is 0 Å². The fourth-order valence-corrected chi connectivity index (χ4v) is 1.96. The Morgan fingerprint density at radius 1 is 1.57 bits per heavy atom. The van der Waals surface area contributed by atoms with Gasteiger partial charge in [-0.1, -0.05) is 13.3 Å². The van der Waals surface area contributed by atoms with Crippen LogP contribution < -0.4 is 5.73 Å². The lowest BCUT2D eigenvalue weighted by Gasteiger charge is -2.13. The average Bonchev–Trinajstić information content (AvgIpc) is 2.62. The highest BCUT2D eigenvalue weighted by atomic mass is 32.1. The Labute approximate surface area is 89.9 Å². The van der Waals surface area contributed by atoms with Gasteiger partial charge in [0.1, 0.15) is 5.01 Å². The number of unbranched alkanes of at least 4 members (excludes halogenated alkanes) is 1. The third-order valence-electron chi connectivity index (χ3n) is 2.10. The molecule has 0 aliphatic heterocycles. The second kappa shape index (κ2) is 6.11. The third kappa shape index (κ3) is 3.74. The van der Waals surface area contributed by atoms with Crippen molar-refractivity contribution in [3.8, 4) is 0 Å². The van der Waals surface area contributed by atoms with Gasteiger partial charge in [-0.25, -0.2) is 4.98 Å². The van der Waals surface area contributed by atoms with Crippen molar-refractivity contribution in [3.63, 3.8) is 0 Å². The summed E-state index contributed by atoms with van der Waals surface area (Å²) in [5, 5.41) is 3.13. The Kier molecular flexibility index (Phi) is 5.07. The van der Waals surface area contributed by atoms with E-state index in [0.717, 1.165) is 23.8 Å². The summed E-state index contributed by atoms with van der Waals surface area (Å²) in [5.41, 5.74) is 6.66. The Morgan fingerprint density at radius 3 is 2.93 bits per heavy atom. The molecule has 1 heterocycles. The minimum absolute atomic E-state index is 0.559. The third-order valence-corrected chi connectivity index (χ3v) is 3.02. The molecular weight excluding hydrogens is 194 g/mol. The van der Waals surface area contributed by atoms with Crippen LogP contribution in [0.15, 0.2) is 5.38 Å². The van der Waals surface area contributed by atoms with Crippen molar-refractivity contribution in [2.24, 2.45) is 5.73 Å². The van der Waals surface area contributed by atoms with E-state index in [1.807, 2.05) is 0 Å². The van der Waals surface area contributed by atoms with Crippen LogP contribution in [-0.2, 0) is 13.1 Å². The fraction of sp³-hybridized carbons (Fsp3) is 0.700. The summed E-state index contributed by atoms with van der Waals surface area (Å²) in [6.45, 7) is 4.86. The summed E-state index contributed by atoms with van der Waals surface area (Å²) in [6, 6.07) is 0. The monoisotopic (exact) mass is 213 g/mol. The molecule has 0 amide bonds. The SMILES string of the molecule is CCCCN(C)Cc1csc(CN)n1. The highest BCUT2D eigenvalue weighted by Gasteiger charge is 2.03. The van der Waals surface area contributed by atoms with E-state index in [1.165, 1.54) is 12.8 Å². The van der Waals surface area contributed by atoms with Crippen molar-refractivity contribution in [1.29, 1.82) is 0 Å². The Bertz CT molecular complexity index is 260. The molecule has 80 valence electrons. The second-order valence-electron chi connectivity index (χ2n) is 3.53. The minimum atomic E-state index is 0.559. The second-order valence-corrected chi connectivity index (χ2v) is 4.47. The highest BCUT2D eigenvalue weighted by molar-refractivity contribution is 7.09. The minimum Gasteiger partial charge on any atom is -0.325 e.